The summed E-state index contributed by atoms with van der Waals surface area (Å²) in [5.74, 6) is 0. The van der Waals surface area contributed by atoms with Gasteiger partial charge in [-0.05, 0) is 53.1 Å². The van der Waals surface area contributed by atoms with E-state index in [0.717, 1.165) is 18.5 Å². The van der Waals surface area contributed by atoms with E-state index in [2.05, 4.69) is 23.8 Å². The van der Waals surface area contributed by atoms with Crippen molar-refractivity contribution < 1.29 is 5.11 Å². The van der Waals surface area contributed by atoms with Gasteiger partial charge in [-0.15, -0.1) is 0 Å². The number of aliphatic hydroxyl groups is 1. The van der Waals surface area contributed by atoms with Crippen molar-refractivity contribution in [3.8, 4) is 0 Å². The molecule has 1 N–H and O–H groups in total. The molecule has 94 valence electrons. The van der Waals surface area contributed by atoms with E-state index in [1.165, 1.54) is 32.4 Å². The Balaban J connectivity index is 1.93. The van der Waals surface area contributed by atoms with Gasteiger partial charge in [-0.2, -0.15) is 0 Å². The van der Waals surface area contributed by atoms with E-state index in [1.54, 1.807) is 0 Å². The van der Waals surface area contributed by atoms with E-state index >= 15 is 0 Å². The van der Waals surface area contributed by atoms with E-state index < -0.39 is 0 Å². The maximum atomic E-state index is 9.54. The topological polar surface area (TPSA) is 26.7 Å². The fourth-order valence-corrected chi connectivity index (χ4v) is 3.39. The zero-order valence-corrected chi connectivity index (χ0v) is 10.9. The summed E-state index contributed by atoms with van der Waals surface area (Å²) < 4.78 is 0. The summed E-state index contributed by atoms with van der Waals surface area (Å²) >= 11 is 0. The van der Waals surface area contributed by atoms with Gasteiger partial charge in [0, 0.05) is 24.7 Å². The molecule has 4 atom stereocenters. The maximum absolute atomic E-state index is 9.54. The van der Waals surface area contributed by atoms with Crippen LogP contribution in [0, 0.1) is 0 Å². The Morgan fingerprint density at radius 2 is 2.19 bits per heavy atom. The van der Waals surface area contributed by atoms with Gasteiger partial charge in [0.05, 0.1) is 6.10 Å². The fourth-order valence-electron chi connectivity index (χ4n) is 3.39. The van der Waals surface area contributed by atoms with Crippen molar-refractivity contribution in [2.75, 3.05) is 20.1 Å². The van der Waals surface area contributed by atoms with Crippen molar-refractivity contribution in [1.29, 1.82) is 0 Å². The predicted octanol–water partition coefficient (Wildman–Crippen LogP) is 1.31. The molecule has 0 bridgehead atoms. The molecule has 2 rings (SSSR count). The van der Waals surface area contributed by atoms with Crippen LogP contribution in [0.15, 0.2) is 0 Å². The highest BCUT2D eigenvalue weighted by Crippen LogP contribution is 2.29. The number of aliphatic hydroxyl groups excluding tert-OH is 1. The van der Waals surface area contributed by atoms with Crippen molar-refractivity contribution in [3.63, 3.8) is 0 Å². The highest BCUT2D eigenvalue weighted by molar-refractivity contribution is 4.92. The summed E-state index contributed by atoms with van der Waals surface area (Å²) in [4.78, 5) is 5.12. The molecule has 2 heterocycles. The molecule has 0 aromatic heterocycles. The van der Waals surface area contributed by atoms with E-state index in [9.17, 15) is 5.11 Å². The van der Waals surface area contributed by atoms with E-state index in [1.807, 2.05) is 6.92 Å². The van der Waals surface area contributed by atoms with Gasteiger partial charge in [-0.3, -0.25) is 4.90 Å². The number of hydrogen-bond acceptors (Lipinski definition) is 3. The summed E-state index contributed by atoms with van der Waals surface area (Å²) in [7, 11) is 2.23. The van der Waals surface area contributed by atoms with Crippen LogP contribution in [0.4, 0.5) is 0 Å². The fraction of sp³-hybridized carbons (Fsp3) is 1.00. The van der Waals surface area contributed by atoms with Gasteiger partial charge >= 0.3 is 0 Å². The van der Waals surface area contributed by atoms with Crippen LogP contribution in [0.25, 0.3) is 0 Å². The molecule has 4 unspecified atom stereocenters. The number of nitrogens with zero attached hydrogens (tertiary/aromatic N) is 2. The van der Waals surface area contributed by atoms with Crippen LogP contribution >= 0.6 is 0 Å². The number of rotatable bonds is 3. The molecule has 0 aromatic carbocycles. The Morgan fingerprint density at radius 3 is 2.75 bits per heavy atom. The van der Waals surface area contributed by atoms with Gasteiger partial charge < -0.3 is 10.0 Å². The van der Waals surface area contributed by atoms with E-state index in [-0.39, 0.29) is 6.10 Å². The van der Waals surface area contributed by atoms with Crippen LogP contribution in [0.5, 0.6) is 0 Å². The quantitative estimate of drug-likeness (QED) is 0.786. The van der Waals surface area contributed by atoms with Crippen LogP contribution < -0.4 is 0 Å². The molecular weight excluding hydrogens is 200 g/mol. The number of likely N-dealkylation sites (tertiary alicyclic amines) is 2. The Bertz CT molecular complexity index is 222. The van der Waals surface area contributed by atoms with Crippen LogP contribution in [0.3, 0.4) is 0 Å². The predicted molar refractivity (Wildman–Crippen MR) is 66.5 cm³/mol. The van der Waals surface area contributed by atoms with Crippen LogP contribution in [0.2, 0.25) is 0 Å². The average molecular weight is 226 g/mol. The molecule has 2 aliphatic heterocycles. The van der Waals surface area contributed by atoms with Crippen molar-refractivity contribution >= 4 is 0 Å². The molecule has 3 heteroatoms. The van der Waals surface area contributed by atoms with Gasteiger partial charge in [0.25, 0.3) is 0 Å². The summed E-state index contributed by atoms with van der Waals surface area (Å²) in [6, 6.07) is 2.08. The summed E-state index contributed by atoms with van der Waals surface area (Å²) in [6.07, 6.45) is 4.69. The van der Waals surface area contributed by atoms with Crippen LogP contribution in [-0.4, -0.2) is 59.3 Å². The highest BCUT2D eigenvalue weighted by atomic mass is 16.3. The SMILES string of the molecule is CC(O)CC1CCCN1C1CC(C)N(C)C1. The van der Waals surface area contributed by atoms with Crippen molar-refractivity contribution in [2.24, 2.45) is 0 Å². The van der Waals surface area contributed by atoms with Crippen molar-refractivity contribution in [1.82, 2.24) is 9.80 Å². The third-order valence-electron chi connectivity index (χ3n) is 4.37. The first-order valence-electron chi connectivity index (χ1n) is 6.72. The summed E-state index contributed by atoms with van der Waals surface area (Å²) in [5.41, 5.74) is 0. The normalized spacial score (nSPS) is 39.4. The lowest BCUT2D eigenvalue weighted by Crippen LogP contribution is -2.41. The zero-order chi connectivity index (χ0) is 11.7. The zero-order valence-electron chi connectivity index (χ0n) is 10.9. The molecule has 0 spiro atoms. The van der Waals surface area contributed by atoms with Crippen molar-refractivity contribution in [2.45, 2.75) is 63.8 Å². The van der Waals surface area contributed by atoms with E-state index in [0.29, 0.717) is 6.04 Å². The highest BCUT2D eigenvalue weighted by Gasteiger charge is 2.36. The minimum atomic E-state index is -0.151. The maximum Gasteiger partial charge on any atom is 0.0527 e. The first-order chi connectivity index (χ1) is 7.58. The summed E-state index contributed by atoms with van der Waals surface area (Å²) in [6.45, 7) is 6.68. The van der Waals surface area contributed by atoms with Gasteiger partial charge in [0.2, 0.25) is 0 Å². The van der Waals surface area contributed by atoms with Gasteiger partial charge in [0.1, 0.15) is 0 Å². The molecule has 2 aliphatic rings. The molecule has 0 saturated carbocycles. The number of hydrogen-bond donors (Lipinski definition) is 1. The molecule has 3 nitrogen and oxygen atoms in total. The third-order valence-corrected chi connectivity index (χ3v) is 4.37. The smallest absolute Gasteiger partial charge is 0.0527 e. The molecule has 0 amide bonds. The monoisotopic (exact) mass is 226 g/mol. The first kappa shape index (κ1) is 12.3. The Kier molecular flexibility index (Phi) is 3.88. The van der Waals surface area contributed by atoms with Gasteiger partial charge in [-0.25, -0.2) is 0 Å². The lowest BCUT2D eigenvalue weighted by atomic mass is 10.1. The minimum Gasteiger partial charge on any atom is -0.393 e. The van der Waals surface area contributed by atoms with Crippen LogP contribution in [0.1, 0.15) is 39.5 Å². The molecule has 0 aliphatic carbocycles. The second-order valence-electron chi connectivity index (χ2n) is 5.80. The standard InChI is InChI=1S/C13H26N2O/c1-10-7-13(9-14(10)3)15-6-4-5-12(15)8-11(2)16/h10-13,16H,4-9H2,1-3H3. The van der Waals surface area contributed by atoms with Gasteiger partial charge in [0.15, 0.2) is 0 Å². The van der Waals surface area contributed by atoms with Crippen molar-refractivity contribution in [3.05, 3.63) is 0 Å². The van der Waals surface area contributed by atoms with Gasteiger partial charge in [-0.1, -0.05) is 0 Å². The lowest BCUT2D eigenvalue weighted by Gasteiger charge is -2.31. The van der Waals surface area contributed by atoms with E-state index in [4.69, 9.17) is 0 Å². The molecule has 0 aromatic rings. The second-order valence-corrected chi connectivity index (χ2v) is 5.80. The molecule has 2 fully saturated rings. The Hall–Kier alpha value is -0.120. The molecule has 16 heavy (non-hydrogen) atoms. The number of likely N-dealkylation sites (N-methyl/N-ethyl adjacent to an activating group) is 1. The summed E-state index contributed by atoms with van der Waals surface area (Å²) in [5, 5.41) is 9.54. The molecule has 0 radical (unpaired) electrons. The minimum absolute atomic E-state index is 0.151. The first-order valence-corrected chi connectivity index (χ1v) is 6.72. The second kappa shape index (κ2) is 5.03. The van der Waals surface area contributed by atoms with Crippen LogP contribution in [-0.2, 0) is 0 Å². The lowest BCUT2D eigenvalue weighted by molar-refractivity contribution is 0.111. The molecule has 2 saturated heterocycles. The Labute approximate surface area is 99.4 Å². The average Bonchev–Trinajstić information content (AvgIpc) is 2.74. The molecular formula is C13H26N2O. The largest absolute Gasteiger partial charge is 0.393 e. The Morgan fingerprint density at radius 1 is 1.44 bits per heavy atom. The third kappa shape index (κ3) is 2.58.